The Bertz CT molecular complexity index is 1820. The van der Waals surface area contributed by atoms with E-state index in [0.29, 0.717) is 20.2 Å². The van der Waals surface area contributed by atoms with Crippen LogP contribution in [0.4, 0.5) is 0 Å². The third-order valence-electron chi connectivity index (χ3n) is 7.10. The number of ether oxygens (including phenoxy) is 4. The van der Waals surface area contributed by atoms with Crippen molar-refractivity contribution in [1.82, 2.24) is 14.5 Å². The number of carbonyl (C=O) groups excluding carboxylic acids is 3. The minimum atomic E-state index is -1.79. The molecule has 12 heteroatoms. The Morgan fingerprint density at radius 1 is 0.864 bits per heavy atom. The number of fused-ring (bicyclic) bond motifs is 1. The van der Waals surface area contributed by atoms with Gasteiger partial charge in [0.25, 0.3) is 5.72 Å². The first-order valence-electron chi connectivity index (χ1n) is 13.4. The molecule has 3 atom stereocenters. The molecule has 3 aromatic carbocycles. The highest BCUT2D eigenvalue weighted by Gasteiger charge is 2.58. The zero-order chi connectivity index (χ0) is 30.7. The summed E-state index contributed by atoms with van der Waals surface area (Å²) in [6.07, 6.45) is 0.622. The smallest absolute Gasteiger partial charge is 0.340 e. The number of halogens is 2. The monoisotopic (exact) mass is 723 g/mol. The molecular weight excluding hydrogens is 701 g/mol. The van der Waals surface area contributed by atoms with Gasteiger partial charge < -0.3 is 18.9 Å². The van der Waals surface area contributed by atoms with E-state index in [-0.39, 0.29) is 29.5 Å². The van der Waals surface area contributed by atoms with Crippen molar-refractivity contribution in [3.63, 3.8) is 0 Å². The fraction of sp³-hybridized carbons (Fsp3) is 0.156. The zero-order valence-electron chi connectivity index (χ0n) is 22.8. The molecule has 0 bridgehead atoms. The van der Waals surface area contributed by atoms with Crippen molar-refractivity contribution >= 4 is 63.1 Å². The van der Waals surface area contributed by atoms with Crippen molar-refractivity contribution in [2.75, 3.05) is 13.2 Å². The standard InChI is InChI=1S/C32H23ClIN3O7/c33-27-25-23(34)16-37(28(25)36-19-35-27)32(44-31(40)22-14-8-3-9-15-22)18-42-24(17-41-29(38)20-10-4-1-5-11-20)26(32)43-30(39)21-12-6-2-7-13-21/h1-16,19,24,26H,17-18H2/t24-,26-,32+/m1/s1. The maximum atomic E-state index is 13.7. The summed E-state index contributed by atoms with van der Waals surface area (Å²) in [5, 5.41) is 0.699. The summed E-state index contributed by atoms with van der Waals surface area (Å²) in [6, 6.07) is 25.2. The summed E-state index contributed by atoms with van der Waals surface area (Å²) in [5.74, 6) is -1.99. The highest BCUT2D eigenvalue weighted by atomic mass is 127. The number of benzene rings is 3. The van der Waals surface area contributed by atoms with Crippen molar-refractivity contribution in [1.29, 1.82) is 0 Å². The van der Waals surface area contributed by atoms with Crippen LogP contribution in [-0.2, 0) is 24.7 Å². The Hall–Kier alpha value is -4.33. The maximum absolute atomic E-state index is 13.7. The SMILES string of the molecule is O=C(OC[C@H]1OC[C@@](OC(=O)c2ccccc2)(n2cc(I)c3c(Cl)ncnc32)[C@@H]1OC(=O)c1ccccc1)c1ccccc1. The summed E-state index contributed by atoms with van der Waals surface area (Å²) in [4.78, 5) is 48.6. The topological polar surface area (TPSA) is 119 Å². The molecule has 5 aromatic rings. The summed E-state index contributed by atoms with van der Waals surface area (Å²) >= 11 is 8.53. The first-order valence-corrected chi connectivity index (χ1v) is 14.9. The normalized spacial score (nSPS) is 19.4. The van der Waals surface area contributed by atoms with Gasteiger partial charge in [0.1, 0.15) is 36.4 Å². The number of hydrogen-bond donors (Lipinski definition) is 0. The third-order valence-corrected chi connectivity index (χ3v) is 8.20. The molecule has 1 aliphatic rings. The minimum absolute atomic E-state index is 0.188. The van der Waals surface area contributed by atoms with E-state index in [4.69, 9.17) is 30.5 Å². The van der Waals surface area contributed by atoms with E-state index in [2.05, 4.69) is 32.6 Å². The molecule has 0 radical (unpaired) electrons. The lowest BCUT2D eigenvalue weighted by Gasteiger charge is -2.35. The lowest BCUT2D eigenvalue weighted by Crippen LogP contribution is -2.52. The third kappa shape index (κ3) is 5.77. The number of rotatable bonds is 8. The highest BCUT2D eigenvalue weighted by Crippen LogP contribution is 2.41. The molecule has 2 aromatic heterocycles. The molecule has 0 aliphatic carbocycles. The average Bonchev–Trinajstić information content (AvgIpc) is 3.59. The molecule has 0 unspecified atom stereocenters. The quantitative estimate of drug-likeness (QED) is 0.0863. The molecular formula is C32H23ClIN3O7. The van der Waals surface area contributed by atoms with Crippen LogP contribution >= 0.6 is 34.2 Å². The number of esters is 3. The van der Waals surface area contributed by atoms with Gasteiger partial charge in [-0.1, -0.05) is 66.2 Å². The van der Waals surface area contributed by atoms with Gasteiger partial charge >= 0.3 is 17.9 Å². The molecule has 44 heavy (non-hydrogen) atoms. The summed E-state index contributed by atoms with van der Waals surface area (Å²) in [7, 11) is 0. The van der Waals surface area contributed by atoms with E-state index < -0.39 is 35.8 Å². The highest BCUT2D eigenvalue weighted by molar-refractivity contribution is 14.1. The summed E-state index contributed by atoms with van der Waals surface area (Å²) < 4.78 is 26.4. The van der Waals surface area contributed by atoms with E-state index in [1.165, 1.54) is 6.33 Å². The van der Waals surface area contributed by atoms with E-state index in [1.54, 1.807) is 102 Å². The first kappa shape index (κ1) is 29.7. The molecule has 6 rings (SSSR count). The van der Waals surface area contributed by atoms with Crippen molar-refractivity contribution in [2.24, 2.45) is 0 Å². The fourth-order valence-electron chi connectivity index (χ4n) is 4.97. The lowest BCUT2D eigenvalue weighted by molar-refractivity contribution is -0.125. The predicted molar refractivity (Wildman–Crippen MR) is 167 cm³/mol. The van der Waals surface area contributed by atoms with Crippen LogP contribution in [0.3, 0.4) is 0 Å². The Morgan fingerprint density at radius 2 is 1.43 bits per heavy atom. The largest absolute Gasteiger partial charge is 0.459 e. The van der Waals surface area contributed by atoms with Crippen LogP contribution in [0.2, 0.25) is 5.15 Å². The molecule has 0 spiro atoms. The van der Waals surface area contributed by atoms with Gasteiger partial charge in [-0.3, -0.25) is 4.57 Å². The number of nitrogens with zero attached hydrogens (tertiary/aromatic N) is 3. The van der Waals surface area contributed by atoms with Gasteiger partial charge in [0.05, 0.1) is 22.1 Å². The minimum Gasteiger partial charge on any atom is -0.459 e. The predicted octanol–water partition coefficient (Wildman–Crippen LogP) is 5.68. The molecule has 10 nitrogen and oxygen atoms in total. The zero-order valence-corrected chi connectivity index (χ0v) is 25.8. The van der Waals surface area contributed by atoms with Gasteiger partial charge in [0, 0.05) is 9.77 Å². The second kappa shape index (κ2) is 12.7. The molecule has 1 saturated heterocycles. The van der Waals surface area contributed by atoms with Gasteiger partial charge in [-0.15, -0.1) is 0 Å². The van der Waals surface area contributed by atoms with E-state index in [9.17, 15) is 14.4 Å². The van der Waals surface area contributed by atoms with Crippen molar-refractivity contribution in [2.45, 2.75) is 17.9 Å². The second-order valence-electron chi connectivity index (χ2n) is 9.82. The molecule has 0 saturated carbocycles. The molecule has 3 heterocycles. The van der Waals surface area contributed by atoms with E-state index in [1.807, 2.05) is 0 Å². The summed E-state index contributed by atoms with van der Waals surface area (Å²) in [6.45, 7) is -0.579. The van der Waals surface area contributed by atoms with Crippen LogP contribution in [0.15, 0.2) is 104 Å². The van der Waals surface area contributed by atoms with E-state index in [0.717, 1.165) is 0 Å². The number of aromatic nitrogens is 3. The number of hydrogen-bond acceptors (Lipinski definition) is 9. The van der Waals surface area contributed by atoms with Crippen molar-refractivity contribution in [3.8, 4) is 0 Å². The van der Waals surface area contributed by atoms with Gasteiger partial charge in [0.2, 0.25) is 0 Å². The van der Waals surface area contributed by atoms with Crippen LogP contribution in [0, 0.1) is 3.57 Å². The Labute approximate surface area is 270 Å². The van der Waals surface area contributed by atoms with Crippen LogP contribution < -0.4 is 0 Å². The van der Waals surface area contributed by atoms with Crippen LogP contribution in [0.5, 0.6) is 0 Å². The van der Waals surface area contributed by atoms with Crippen molar-refractivity contribution in [3.05, 3.63) is 129 Å². The van der Waals surface area contributed by atoms with Gasteiger partial charge in [0.15, 0.2) is 6.10 Å². The van der Waals surface area contributed by atoms with Crippen LogP contribution in [0.1, 0.15) is 31.1 Å². The van der Waals surface area contributed by atoms with E-state index >= 15 is 0 Å². The van der Waals surface area contributed by atoms with Crippen molar-refractivity contribution < 1.29 is 33.3 Å². The summed E-state index contributed by atoms with van der Waals surface area (Å²) in [5.41, 5.74) is -0.609. The fourth-order valence-corrected chi connectivity index (χ4v) is 6.14. The first-order chi connectivity index (χ1) is 21.4. The average molecular weight is 724 g/mol. The van der Waals surface area contributed by atoms with Crippen LogP contribution in [-0.4, -0.2) is 57.9 Å². The Balaban J connectivity index is 1.45. The number of carbonyl (C=O) groups is 3. The van der Waals surface area contributed by atoms with Crippen LogP contribution in [0.25, 0.3) is 11.0 Å². The molecule has 1 fully saturated rings. The Morgan fingerprint density at radius 3 is 2.05 bits per heavy atom. The van der Waals surface area contributed by atoms with Gasteiger partial charge in [-0.05, 0) is 59.0 Å². The molecule has 0 amide bonds. The lowest BCUT2D eigenvalue weighted by atomic mass is 10.0. The maximum Gasteiger partial charge on any atom is 0.340 e. The molecule has 0 N–H and O–H groups in total. The molecule has 1 aliphatic heterocycles. The van der Waals surface area contributed by atoms with Gasteiger partial charge in [-0.2, -0.15) is 0 Å². The molecule has 222 valence electrons. The Kier molecular flexibility index (Phi) is 8.60. The van der Waals surface area contributed by atoms with Gasteiger partial charge in [-0.25, -0.2) is 24.4 Å². The second-order valence-corrected chi connectivity index (χ2v) is 11.3.